The zero-order chi connectivity index (χ0) is 21.6. The lowest BCUT2D eigenvalue weighted by Crippen LogP contribution is -2.67. The van der Waals surface area contributed by atoms with Crippen molar-refractivity contribution in [1.82, 2.24) is 0 Å². The molecule has 4 nitrogen and oxygen atoms in total. The molecule has 1 aliphatic carbocycles. The lowest BCUT2D eigenvalue weighted by atomic mass is 9.93. The van der Waals surface area contributed by atoms with Crippen LogP contribution in [0.2, 0.25) is 5.04 Å². The van der Waals surface area contributed by atoms with E-state index in [2.05, 4.69) is 69.3 Å². The highest BCUT2D eigenvalue weighted by Gasteiger charge is 2.50. The van der Waals surface area contributed by atoms with E-state index in [9.17, 15) is 4.79 Å². The van der Waals surface area contributed by atoms with E-state index >= 15 is 0 Å². The van der Waals surface area contributed by atoms with E-state index in [-0.39, 0.29) is 23.5 Å². The number of benzene rings is 2. The maximum Gasteiger partial charge on any atom is 0.261 e. The second kappa shape index (κ2) is 9.73. The van der Waals surface area contributed by atoms with Crippen molar-refractivity contribution < 1.29 is 18.7 Å². The highest BCUT2D eigenvalue weighted by molar-refractivity contribution is 6.99. The molecule has 0 aliphatic heterocycles. The molecule has 30 heavy (non-hydrogen) atoms. The number of hydrogen-bond acceptors (Lipinski definition) is 4. The summed E-state index contributed by atoms with van der Waals surface area (Å²) < 4.78 is 17.5. The van der Waals surface area contributed by atoms with Crippen LogP contribution in [0.1, 0.15) is 33.6 Å². The van der Waals surface area contributed by atoms with Gasteiger partial charge in [-0.2, -0.15) is 0 Å². The molecule has 2 aromatic carbocycles. The van der Waals surface area contributed by atoms with Crippen LogP contribution in [0.15, 0.2) is 72.5 Å². The van der Waals surface area contributed by atoms with Gasteiger partial charge in [-0.1, -0.05) is 81.4 Å². The molecule has 2 aromatic rings. The largest absolute Gasteiger partial charge is 0.472 e. The Kier molecular flexibility index (Phi) is 7.29. The Morgan fingerprint density at radius 1 is 0.933 bits per heavy atom. The van der Waals surface area contributed by atoms with Gasteiger partial charge in [-0.25, -0.2) is 0 Å². The number of ether oxygens (including phenoxy) is 2. The lowest BCUT2D eigenvalue weighted by molar-refractivity contribution is -0.117. The van der Waals surface area contributed by atoms with Crippen LogP contribution in [-0.4, -0.2) is 34.6 Å². The van der Waals surface area contributed by atoms with Crippen LogP contribution in [0.3, 0.4) is 0 Å². The molecule has 0 saturated carbocycles. The fraction of sp³-hybridized carbons (Fsp3) is 0.400. The first-order valence-electron chi connectivity index (χ1n) is 10.5. The summed E-state index contributed by atoms with van der Waals surface area (Å²) in [6.07, 6.45) is 2.77. The average molecular weight is 425 g/mol. The number of allylic oxidation sites excluding steroid dienone is 2. The molecule has 0 aromatic heterocycles. The van der Waals surface area contributed by atoms with E-state index in [1.165, 1.54) is 10.4 Å². The number of carbonyl (C=O) groups is 1. The molecule has 0 N–H and O–H groups in total. The van der Waals surface area contributed by atoms with Crippen molar-refractivity contribution in [1.29, 1.82) is 0 Å². The molecular formula is C25H32O4Si. The zero-order valence-corrected chi connectivity index (χ0v) is 19.4. The first-order valence-corrected chi connectivity index (χ1v) is 12.4. The molecule has 0 radical (unpaired) electrons. The van der Waals surface area contributed by atoms with Crippen LogP contribution in [0.25, 0.3) is 0 Å². The molecule has 160 valence electrons. The van der Waals surface area contributed by atoms with Crippen molar-refractivity contribution in [2.75, 3.05) is 20.5 Å². The third-order valence-electron chi connectivity index (χ3n) is 5.62. The van der Waals surface area contributed by atoms with Crippen molar-refractivity contribution in [3.05, 3.63) is 72.5 Å². The minimum Gasteiger partial charge on any atom is -0.472 e. The van der Waals surface area contributed by atoms with Crippen LogP contribution in [0, 0.1) is 5.92 Å². The molecule has 3 rings (SSSR count). The molecule has 0 unspecified atom stereocenters. The third kappa shape index (κ3) is 4.91. The number of ketones is 1. The topological polar surface area (TPSA) is 44.8 Å². The normalized spacial score (nSPS) is 17.5. The maximum absolute atomic E-state index is 12.3. The Labute approximate surface area is 181 Å². The summed E-state index contributed by atoms with van der Waals surface area (Å²) >= 11 is 0. The Bertz CT molecular complexity index is 816. The molecule has 5 heteroatoms. The molecule has 0 bridgehead atoms. The molecule has 0 heterocycles. The first-order chi connectivity index (χ1) is 14.4. The van der Waals surface area contributed by atoms with Crippen LogP contribution in [-0.2, 0) is 18.7 Å². The Morgan fingerprint density at radius 3 is 2.00 bits per heavy atom. The summed E-state index contributed by atoms with van der Waals surface area (Å²) in [5.41, 5.74) is 0. The van der Waals surface area contributed by atoms with E-state index in [0.717, 1.165) is 0 Å². The highest BCUT2D eigenvalue weighted by atomic mass is 28.4. The van der Waals surface area contributed by atoms with Gasteiger partial charge in [0.1, 0.15) is 5.76 Å². The van der Waals surface area contributed by atoms with Crippen molar-refractivity contribution in [2.24, 2.45) is 5.92 Å². The van der Waals surface area contributed by atoms with Crippen LogP contribution in [0.4, 0.5) is 0 Å². The summed E-state index contributed by atoms with van der Waals surface area (Å²) in [5, 5.41) is 2.41. The van der Waals surface area contributed by atoms with E-state index in [0.29, 0.717) is 25.2 Å². The summed E-state index contributed by atoms with van der Waals surface area (Å²) in [4.78, 5) is 12.3. The van der Waals surface area contributed by atoms with E-state index in [1.807, 2.05) is 12.1 Å². The Morgan fingerprint density at radius 2 is 1.50 bits per heavy atom. The van der Waals surface area contributed by atoms with Crippen LogP contribution >= 0.6 is 0 Å². The smallest absolute Gasteiger partial charge is 0.261 e. The molecular weight excluding hydrogens is 392 g/mol. The predicted molar refractivity (Wildman–Crippen MR) is 122 cm³/mol. The van der Waals surface area contributed by atoms with Crippen molar-refractivity contribution in [3.63, 3.8) is 0 Å². The van der Waals surface area contributed by atoms with Gasteiger partial charge in [0.05, 0.1) is 0 Å². The molecule has 0 amide bonds. The molecule has 1 atom stereocenters. The standard InChI is InChI=1S/C25H32O4Si/c1-25(2,3)30(23-11-7-5-8-12-23,24-13-9-6-10-14-24)29-18-20-15-21(26)17-22(16-20)28-19-27-4/h5-14,17,20H,15-16,18-19H2,1-4H3/t20-/m0/s1. The van der Waals surface area contributed by atoms with Gasteiger partial charge >= 0.3 is 0 Å². The van der Waals surface area contributed by atoms with Gasteiger partial charge in [0.2, 0.25) is 0 Å². The summed E-state index contributed by atoms with van der Waals surface area (Å²) in [7, 11) is -1.02. The Balaban J connectivity index is 1.92. The number of methoxy groups -OCH3 is 1. The van der Waals surface area contributed by atoms with Crippen molar-refractivity contribution >= 4 is 24.5 Å². The fourth-order valence-electron chi connectivity index (χ4n) is 4.30. The van der Waals surface area contributed by atoms with E-state index < -0.39 is 8.32 Å². The first kappa shape index (κ1) is 22.5. The second-order valence-electron chi connectivity index (χ2n) is 8.88. The van der Waals surface area contributed by atoms with Gasteiger partial charge in [0.25, 0.3) is 8.32 Å². The minimum absolute atomic E-state index is 0.0837. The maximum atomic E-state index is 12.3. The van der Waals surface area contributed by atoms with Gasteiger partial charge in [-0.05, 0) is 21.3 Å². The highest BCUT2D eigenvalue weighted by Crippen LogP contribution is 2.37. The number of rotatable bonds is 8. The van der Waals surface area contributed by atoms with Gasteiger partial charge in [0.15, 0.2) is 12.6 Å². The van der Waals surface area contributed by atoms with Gasteiger partial charge in [0, 0.05) is 32.6 Å². The SMILES string of the molecule is COCOC1=CC(=O)C[C@H](CO[Si](c2ccccc2)(c2ccccc2)C(C)(C)C)C1. The number of hydrogen-bond donors (Lipinski definition) is 0. The lowest BCUT2D eigenvalue weighted by Gasteiger charge is -2.44. The zero-order valence-electron chi connectivity index (χ0n) is 18.4. The van der Waals surface area contributed by atoms with Crippen LogP contribution in [0.5, 0.6) is 0 Å². The fourth-order valence-corrected chi connectivity index (χ4v) is 8.94. The summed E-state index contributed by atoms with van der Waals surface area (Å²) in [6.45, 7) is 7.46. The van der Waals surface area contributed by atoms with Crippen LogP contribution < -0.4 is 10.4 Å². The molecule has 0 fully saturated rings. The van der Waals surface area contributed by atoms with Crippen molar-refractivity contribution in [2.45, 2.75) is 38.7 Å². The summed E-state index contributed by atoms with van der Waals surface area (Å²) in [6, 6.07) is 21.1. The predicted octanol–water partition coefficient (Wildman–Crippen LogP) is 4.05. The molecule has 0 saturated heterocycles. The average Bonchev–Trinajstić information content (AvgIpc) is 2.73. The summed E-state index contributed by atoms with van der Waals surface area (Å²) in [5.74, 6) is 0.864. The van der Waals surface area contributed by atoms with Crippen molar-refractivity contribution in [3.8, 4) is 0 Å². The van der Waals surface area contributed by atoms with Gasteiger partial charge in [-0.15, -0.1) is 0 Å². The second-order valence-corrected chi connectivity index (χ2v) is 13.2. The van der Waals surface area contributed by atoms with E-state index in [1.54, 1.807) is 13.2 Å². The quantitative estimate of drug-likeness (QED) is 0.474. The third-order valence-corrected chi connectivity index (χ3v) is 10.6. The Hall–Kier alpha value is -2.21. The molecule has 1 aliphatic rings. The monoisotopic (exact) mass is 424 g/mol. The van der Waals surface area contributed by atoms with E-state index in [4.69, 9.17) is 13.9 Å². The molecule has 0 spiro atoms. The minimum atomic E-state index is -2.60. The van der Waals surface area contributed by atoms with Gasteiger partial charge in [-0.3, -0.25) is 4.79 Å². The van der Waals surface area contributed by atoms with Gasteiger partial charge < -0.3 is 13.9 Å². The number of carbonyl (C=O) groups excluding carboxylic acids is 1.